The van der Waals surface area contributed by atoms with Crippen molar-refractivity contribution in [2.75, 3.05) is 0 Å². The average molecular weight is 826 g/mol. The van der Waals surface area contributed by atoms with Gasteiger partial charge in [-0.2, -0.15) is 11.3 Å². The van der Waals surface area contributed by atoms with Crippen LogP contribution in [0.15, 0.2) is 109 Å². The molecule has 0 N–H and O–H groups in total. The zero-order valence-corrected chi connectivity index (χ0v) is 32.2. The zero-order valence-electron chi connectivity index (χ0n) is 29.0. The van der Waals surface area contributed by atoms with E-state index in [0.29, 0.717) is 0 Å². The fraction of sp³-hybridized carbons (Fsp3) is 0.190. The van der Waals surface area contributed by atoms with Crippen LogP contribution in [0.3, 0.4) is 0 Å². The number of fused-ring (bicyclic) bond motifs is 3. The van der Waals surface area contributed by atoms with Crippen LogP contribution >= 0.6 is 11.3 Å². The van der Waals surface area contributed by atoms with Gasteiger partial charge < -0.3 is 9.97 Å². The molecule has 0 bridgehead atoms. The number of thiophene rings is 1. The first-order valence-electron chi connectivity index (χ1n) is 16.2. The number of pyridine rings is 2. The van der Waals surface area contributed by atoms with E-state index in [4.69, 9.17) is 1.37 Å². The summed E-state index contributed by atoms with van der Waals surface area (Å²) < 4.78 is 10.9. The van der Waals surface area contributed by atoms with Gasteiger partial charge in [0.2, 0.25) is 0 Å². The molecule has 0 spiro atoms. The summed E-state index contributed by atoms with van der Waals surface area (Å²) in [6.45, 7) is 15.3. The molecule has 2 nitrogen and oxygen atoms in total. The molecule has 7 aromatic rings. The zero-order chi connectivity index (χ0) is 33.3. The minimum absolute atomic E-state index is 0. The molecule has 0 aliphatic heterocycles. The van der Waals surface area contributed by atoms with E-state index in [1.165, 1.54) is 47.6 Å². The summed E-state index contributed by atoms with van der Waals surface area (Å²) in [6.07, 6.45) is 3.83. The van der Waals surface area contributed by atoms with Crippen LogP contribution in [0.5, 0.6) is 0 Å². The van der Waals surface area contributed by atoms with E-state index in [1.807, 2.05) is 80.0 Å². The predicted molar refractivity (Wildman–Crippen MR) is 202 cm³/mol. The van der Waals surface area contributed by atoms with E-state index < -0.39 is 14.0 Å². The number of hydrogen-bond acceptors (Lipinski definition) is 3. The van der Waals surface area contributed by atoms with Gasteiger partial charge in [0.15, 0.2) is 0 Å². The van der Waals surface area contributed by atoms with Crippen LogP contribution in [-0.2, 0) is 20.1 Å². The van der Waals surface area contributed by atoms with Crippen LogP contribution in [0, 0.1) is 26.0 Å². The summed E-state index contributed by atoms with van der Waals surface area (Å²) >= 11 is 1.82. The molecular formula is C42H40IrN2SSi-2. The summed E-state index contributed by atoms with van der Waals surface area (Å²) in [5.74, 6) is -0.663. The normalized spacial score (nSPS) is 11.9. The summed E-state index contributed by atoms with van der Waals surface area (Å²) in [4.78, 5) is 9.16. The molecule has 5 heteroatoms. The fourth-order valence-electron chi connectivity index (χ4n) is 5.87. The standard InChI is InChI=1S/C28H24NS.C14H16NSi.Ir/c1-17(2)21-13-14-29-25(16-21)23-12-8-11-22-24-15-18(3)26(20-9-6-5-7-10-20)19(4)27(24)30-28(22)23;1-16(2,3)13-9-10-14(15-11-13)12-7-5-4-6-8-12;/h5-11,13-17H,1-4H3;4-7,9-11H,1-3H3;/q2*-1;/i17D;;. The van der Waals surface area contributed by atoms with Crippen molar-refractivity contribution in [2.45, 2.75) is 53.2 Å². The Morgan fingerprint density at radius 1 is 0.766 bits per heavy atom. The number of hydrogen-bond donors (Lipinski definition) is 0. The van der Waals surface area contributed by atoms with E-state index in [1.54, 1.807) is 0 Å². The molecule has 0 atom stereocenters. The van der Waals surface area contributed by atoms with Gasteiger partial charge in [-0.25, -0.2) is 0 Å². The van der Waals surface area contributed by atoms with Crippen molar-refractivity contribution < 1.29 is 21.5 Å². The Labute approximate surface area is 299 Å². The third-order valence-corrected chi connectivity index (χ3v) is 11.8. The number of benzene rings is 4. The smallest absolute Gasteiger partial charge is 0.0795 e. The van der Waals surface area contributed by atoms with E-state index in [0.717, 1.165) is 28.1 Å². The van der Waals surface area contributed by atoms with Crippen molar-refractivity contribution in [1.29, 1.82) is 0 Å². The van der Waals surface area contributed by atoms with Crippen molar-refractivity contribution in [3.63, 3.8) is 0 Å². The van der Waals surface area contributed by atoms with E-state index >= 15 is 0 Å². The monoisotopic (exact) mass is 826 g/mol. The molecular weight excluding hydrogens is 785 g/mol. The third kappa shape index (κ3) is 7.39. The largest absolute Gasteiger partial charge is 0.305 e. The molecule has 0 amide bonds. The van der Waals surface area contributed by atoms with E-state index in [9.17, 15) is 0 Å². The molecule has 3 heterocycles. The molecule has 0 fully saturated rings. The quantitative estimate of drug-likeness (QED) is 0.128. The van der Waals surface area contributed by atoms with Crippen molar-refractivity contribution in [2.24, 2.45) is 0 Å². The second kappa shape index (κ2) is 14.6. The van der Waals surface area contributed by atoms with Crippen molar-refractivity contribution in [3.05, 3.63) is 138 Å². The van der Waals surface area contributed by atoms with Gasteiger partial charge in [0, 0.05) is 38.6 Å². The maximum atomic E-state index is 8.40. The van der Waals surface area contributed by atoms with Gasteiger partial charge in [0.1, 0.15) is 0 Å². The molecule has 0 aliphatic carbocycles. The van der Waals surface area contributed by atoms with E-state index in [-0.39, 0.29) is 20.1 Å². The van der Waals surface area contributed by atoms with E-state index in [2.05, 4.69) is 110 Å². The second-order valence-electron chi connectivity index (χ2n) is 13.0. The average Bonchev–Trinajstić information content (AvgIpc) is 3.44. The molecule has 239 valence electrons. The van der Waals surface area contributed by atoms with Gasteiger partial charge in [0.05, 0.1) is 8.07 Å². The van der Waals surface area contributed by atoms with Crippen LogP contribution in [0.1, 0.15) is 37.8 Å². The van der Waals surface area contributed by atoms with Gasteiger partial charge in [-0.05, 0) is 74.7 Å². The first-order chi connectivity index (χ1) is 22.4. The molecule has 0 aliphatic rings. The van der Waals surface area contributed by atoms with Gasteiger partial charge in [0.25, 0.3) is 0 Å². The van der Waals surface area contributed by atoms with Crippen LogP contribution < -0.4 is 5.19 Å². The maximum absolute atomic E-state index is 8.40. The minimum atomic E-state index is -1.23. The summed E-state index contributed by atoms with van der Waals surface area (Å²) in [7, 11) is -1.23. The Kier molecular flexibility index (Phi) is 10.3. The number of aromatic nitrogens is 2. The van der Waals surface area contributed by atoms with Crippen molar-refractivity contribution in [3.8, 4) is 33.6 Å². The molecule has 0 saturated heterocycles. The SMILES string of the molecule is C[Si](C)(C)c1ccc(-c2[c-]cccc2)nc1.[2H]C(C)(C)c1ccnc(-c2[c-]ccc3c2sc2c(C)c(-c4ccccc4)c(C)cc23)c1.[Ir]. The predicted octanol–water partition coefficient (Wildman–Crippen LogP) is 11.4. The topological polar surface area (TPSA) is 25.8 Å². The molecule has 0 saturated carbocycles. The Morgan fingerprint density at radius 2 is 1.53 bits per heavy atom. The summed E-state index contributed by atoms with van der Waals surface area (Å²) in [5.41, 5.74) is 10.1. The number of aryl methyl sites for hydroxylation is 2. The van der Waals surface area contributed by atoms with Crippen LogP contribution in [-0.4, -0.2) is 18.0 Å². The van der Waals surface area contributed by atoms with Crippen LogP contribution in [0.25, 0.3) is 53.8 Å². The molecule has 4 aromatic carbocycles. The Bertz CT molecular complexity index is 2170. The Hall–Kier alpha value is -3.73. The van der Waals surface area contributed by atoms with Gasteiger partial charge >= 0.3 is 0 Å². The van der Waals surface area contributed by atoms with Gasteiger partial charge in [-0.15, -0.1) is 59.7 Å². The first kappa shape index (κ1) is 33.2. The third-order valence-electron chi connectivity index (χ3n) is 8.43. The van der Waals surface area contributed by atoms with Gasteiger partial charge in [-0.1, -0.05) is 99.0 Å². The fourth-order valence-corrected chi connectivity index (χ4v) is 8.20. The Balaban J connectivity index is 0.000000224. The molecule has 7 rings (SSSR count). The number of rotatable bonds is 5. The summed E-state index contributed by atoms with van der Waals surface area (Å²) in [6, 6.07) is 40.0. The Morgan fingerprint density at radius 3 is 2.19 bits per heavy atom. The minimum Gasteiger partial charge on any atom is -0.305 e. The van der Waals surface area contributed by atoms with Crippen molar-refractivity contribution in [1.82, 2.24) is 9.97 Å². The number of nitrogens with zero attached hydrogens (tertiary/aromatic N) is 2. The van der Waals surface area contributed by atoms with Crippen molar-refractivity contribution >= 4 is 44.8 Å². The molecule has 3 aromatic heterocycles. The van der Waals surface area contributed by atoms with Gasteiger partial charge in [-0.3, -0.25) is 0 Å². The van der Waals surface area contributed by atoms with Crippen LogP contribution in [0.2, 0.25) is 19.6 Å². The first-order valence-corrected chi connectivity index (χ1v) is 20.1. The maximum Gasteiger partial charge on any atom is 0.0795 e. The molecule has 1 radical (unpaired) electrons. The van der Waals surface area contributed by atoms with Crippen LogP contribution in [0.4, 0.5) is 0 Å². The second-order valence-corrected chi connectivity index (χ2v) is 19.1. The molecule has 47 heavy (non-hydrogen) atoms. The molecule has 0 unspecified atom stereocenters. The summed E-state index contributed by atoms with van der Waals surface area (Å²) in [5, 5.41) is 3.94.